The molecule has 0 spiro atoms. The van der Waals surface area contributed by atoms with Gasteiger partial charge in [0.2, 0.25) is 5.91 Å². The van der Waals surface area contributed by atoms with Gasteiger partial charge in [-0.1, -0.05) is 19.3 Å². The standard InChI is InChI=1S/C21H28N6O2/c1-16(28)24-17-7-8-20(22-13-17)27-14-19(23-15-27)21(29)26-11-9-25(10-12-26)18-5-3-2-4-6-18/h7-8,13-15,18H,2-6,9-12H2,1H3,(H,24,28). The number of piperazine rings is 1. The number of carbonyl (C=O) groups excluding carboxylic acids is 2. The van der Waals surface area contributed by atoms with E-state index < -0.39 is 0 Å². The maximum atomic E-state index is 12.9. The number of nitrogens with zero attached hydrogens (tertiary/aromatic N) is 5. The zero-order valence-corrected chi connectivity index (χ0v) is 16.9. The summed E-state index contributed by atoms with van der Waals surface area (Å²) in [6.07, 6.45) is 11.5. The Balaban J connectivity index is 1.35. The van der Waals surface area contributed by atoms with E-state index in [1.807, 2.05) is 4.90 Å². The fourth-order valence-electron chi connectivity index (χ4n) is 4.27. The Morgan fingerprint density at radius 3 is 2.45 bits per heavy atom. The van der Waals surface area contributed by atoms with Crippen molar-refractivity contribution in [2.75, 3.05) is 31.5 Å². The van der Waals surface area contributed by atoms with Gasteiger partial charge < -0.3 is 10.2 Å². The first kappa shape index (κ1) is 19.6. The molecule has 2 amide bonds. The van der Waals surface area contributed by atoms with E-state index in [0.717, 1.165) is 26.2 Å². The Bertz CT molecular complexity index is 848. The molecule has 1 saturated carbocycles. The van der Waals surface area contributed by atoms with Gasteiger partial charge in [0, 0.05) is 45.3 Å². The van der Waals surface area contributed by atoms with Gasteiger partial charge >= 0.3 is 0 Å². The summed E-state index contributed by atoms with van der Waals surface area (Å²) in [4.78, 5) is 37.1. The van der Waals surface area contributed by atoms with E-state index in [0.29, 0.717) is 23.2 Å². The Kier molecular flexibility index (Phi) is 5.89. The number of anilines is 1. The molecular weight excluding hydrogens is 368 g/mol. The predicted octanol–water partition coefficient (Wildman–Crippen LogP) is 2.32. The number of rotatable bonds is 4. The van der Waals surface area contributed by atoms with Crippen molar-refractivity contribution < 1.29 is 9.59 Å². The normalized spacial score (nSPS) is 18.6. The highest BCUT2D eigenvalue weighted by atomic mass is 16.2. The lowest BCUT2D eigenvalue weighted by Gasteiger charge is -2.40. The molecule has 2 aliphatic rings. The first-order valence-corrected chi connectivity index (χ1v) is 10.4. The molecule has 154 valence electrons. The average molecular weight is 396 g/mol. The van der Waals surface area contributed by atoms with Crippen LogP contribution >= 0.6 is 0 Å². The molecule has 4 rings (SSSR count). The van der Waals surface area contributed by atoms with Crippen molar-refractivity contribution in [1.82, 2.24) is 24.3 Å². The number of carbonyl (C=O) groups is 2. The lowest BCUT2D eigenvalue weighted by atomic mass is 9.94. The van der Waals surface area contributed by atoms with Crippen molar-refractivity contribution in [2.24, 2.45) is 0 Å². The van der Waals surface area contributed by atoms with Crippen molar-refractivity contribution in [3.8, 4) is 5.82 Å². The second-order valence-electron chi connectivity index (χ2n) is 7.87. The van der Waals surface area contributed by atoms with Gasteiger partial charge in [0.15, 0.2) is 0 Å². The van der Waals surface area contributed by atoms with Crippen molar-refractivity contribution >= 4 is 17.5 Å². The number of pyridine rings is 1. The largest absolute Gasteiger partial charge is 0.335 e. The maximum Gasteiger partial charge on any atom is 0.274 e. The monoisotopic (exact) mass is 396 g/mol. The van der Waals surface area contributed by atoms with Gasteiger partial charge in [-0.25, -0.2) is 9.97 Å². The minimum Gasteiger partial charge on any atom is -0.335 e. The molecule has 8 nitrogen and oxygen atoms in total. The molecule has 1 aliphatic carbocycles. The minimum absolute atomic E-state index is 0.0260. The molecule has 0 atom stereocenters. The molecule has 3 heterocycles. The topological polar surface area (TPSA) is 83.4 Å². The van der Waals surface area contributed by atoms with E-state index in [9.17, 15) is 9.59 Å². The third-order valence-corrected chi connectivity index (χ3v) is 5.83. The molecule has 1 aliphatic heterocycles. The highest BCUT2D eigenvalue weighted by Gasteiger charge is 2.28. The summed E-state index contributed by atoms with van der Waals surface area (Å²) in [7, 11) is 0. The van der Waals surface area contributed by atoms with Crippen molar-refractivity contribution in [1.29, 1.82) is 0 Å². The third kappa shape index (κ3) is 4.64. The van der Waals surface area contributed by atoms with Crippen LogP contribution in [0.1, 0.15) is 49.5 Å². The van der Waals surface area contributed by atoms with E-state index in [1.54, 1.807) is 35.4 Å². The lowest BCUT2D eigenvalue weighted by molar-refractivity contribution is -0.114. The van der Waals surface area contributed by atoms with Crippen molar-refractivity contribution in [3.63, 3.8) is 0 Å². The van der Waals surface area contributed by atoms with Crippen LogP contribution in [0.3, 0.4) is 0 Å². The number of aromatic nitrogens is 3. The molecule has 2 aromatic heterocycles. The Hall–Kier alpha value is -2.74. The molecule has 2 aromatic rings. The van der Waals surface area contributed by atoms with Crippen LogP contribution in [0.15, 0.2) is 30.9 Å². The van der Waals surface area contributed by atoms with E-state index in [-0.39, 0.29) is 11.8 Å². The highest BCUT2D eigenvalue weighted by molar-refractivity contribution is 5.92. The molecule has 0 bridgehead atoms. The maximum absolute atomic E-state index is 12.9. The lowest BCUT2D eigenvalue weighted by Crippen LogP contribution is -2.52. The molecule has 1 N–H and O–H groups in total. The molecule has 1 saturated heterocycles. The summed E-state index contributed by atoms with van der Waals surface area (Å²) in [6.45, 7) is 4.86. The number of amides is 2. The van der Waals surface area contributed by atoms with Gasteiger partial charge in [0.25, 0.3) is 5.91 Å². The summed E-state index contributed by atoms with van der Waals surface area (Å²) in [6, 6.07) is 4.26. The summed E-state index contributed by atoms with van der Waals surface area (Å²) in [5.41, 5.74) is 1.07. The molecule has 8 heteroatoms. The van der Waals surface area contributed by atoms with Crippen LogP contribution in [0.4, 0.5) is 5.69 Å². The number of hydrogen-bond donors (Lipinski definition) is 1. The summed E-state index contributed by atoms with van der Waals surface area (Å²) in [5, 5.41) is 2.69. The predicted molar refractivity (Wildman–Crippen MR) is 110 cm³/mol. The van der Waals surface area contributed by atoms with E-state index in [2.05, 4.69) is 20.2 Å². The molecular formula is C21H28N6O2. The van der Waals surface area contributed by atoms with Crippen LogP contribution in [0.2, 0.25) is 0 Å². The number of nitrogens with one attached hydrogen (secondary N) is 1. The van der Waals surface area contributed by atoms with Crippen LogP contribution in [0.25, 0.3) is 5.82 Å². The number of imidazole rings is 1. The SMILES string of the molecule is CC(=O)Nc1ccc(-n2cnc(C(=O)N3CCN(C4CCCCC4)CC3)c2)nc1. The zero-order valence-electron chi connectivity index (χ0n) is 16.9. The first-order chi connectivity index (χ1) is 14.1. The van der Waals surface area contributed by atoms with Gasteiger partial charge in [-0.15, -0.1) is 0 Å². The first-order valence-electron chi connectivity index (χ1n) is 10.4. The summed E-state index contributed by atoms with van der Waals surface area (Å²) in [5.74, 6) is 0.480. The van der Waals surface area contributed by atoms with Crippen molar-refractivity contribution in [3.05, 3.63) is 36.5 Å². The fourth-order valence-corrected chi connectivity index (χ4v) is 4.27. The molecule has 0 unspecified atom stereocenters. The van der Waals surface area contributed by atoms with Crippen molar-refractivity contribution in [2.45, 2.75) is 45.1 Å². The zero-order chi connectivity index (χ0) is 20.2. The van der Waals surface area contributed by atoms with Gasteiger partial charge in [0.1, 0.15) is 17.8 Å². The Labute approximate surface area is 170 Å². The van der Waals surface area contributed by atoms with Crippen LogP contribution < -0.4 is 5.32 Å². The Morgan fingerprint density at radius 1 is 1.03 bits per heavy atom. The minimum atomic E-state index is -0.140. The van der Waals surface area contributed by atoms with Gasteiger partial charge in [-0.2, -0.15) is 0 Å². The molecule has 0 radical (unpaired) electrons. The molecule has 0 aromatic carbocycles. The number of hydrogen-bond acceptors (Lipinski definition) is 5. The second kappa shape index (κ2) is 8.73. The fraction of sp³-hybridized carbons (Fsp3) is 0.524. The van der Waals surface area contributed by atoms with Crippen LogP contribution in [-0.2, 0) is 4.79 Å². The third-order valence-electron chi connectivity index (χ3n) is 5.83. The smallest absolute Gasteiger partial charge is 0.274 e. The summed E-state index contributed by atoms with van der Waals surface area (Å²) >= 11 is 0. The van der Waals surface area contributed by atoms with Crippen LogP contribution in [0, 0.1) is 0 Å². The van der Waals surface area contributed by atoms with E-state index >= 15 is 0 Å². The quantitative estimate of drug-likeness (QED) is 0.858. The summed E-state index contributed by atoms with van der Waals surface area (Å²) < 4.78 is 1.73. The van der Waals surface area contributed by atoms with Gasteiger partial charge in [-0.3, -0.25) is 19.1 Å². The Morgan fingerprint density at radius 2 is 1.79 bits per heavy atom. The highest BCUT2D eigenvalue weighted by Crippen LogP contribution is 2.23. The van der Waals surface area contributed by atoms with Gasteiger partial charge in [0.05, 0.1) is 11.9 Å². The second-order valence-corrected chi connectivity index (χ2v) is 7.87. The van der Waals surface area contributed by atoms with Crippen LogP contribution in [0.5, 0.6) is 0 Å². The van der Waals surface area contributed by atoms with E-state index in [4.69, 9.17) is 0 Å². The van der Waals surface area contributed by atoms with Gasteiger partial charge in [-0.05, 0) is 25.0 Å². The van der Waals surface area contributed by atoms with E-state index in [1.165, 1.54) is 39.0 Å². The average Bonchev–Trinajstić information content (AvgIpc) is 3.24. The van der Waals surface area contributed by atoms with Crippen LogP contribution in [-0.4, -0.2) is 68.4 Å². The molecule has 2 fully saturated rings. The molecule has 29 heavy (non-hydrogen) atoms.